The van der Waals surface area contributed by atoms with Crippen LogP contribution in [0.2, 0.25) is 5.02 Å². The first kappa shape index (κ1) is 24.1. The number of anilines is 2. The normalized spacial score (nSPS) is 22.7. The van der Waals surface area contributed by atoms with E-state index in [4.69, 9.17) is 33.6 Å². The molecule has 0 radical (unpaired) electrons. The van der Waals surface area contributed by atoms with Crippen LogP contribution in [-0.4, -0.2) is 46.4 Å². The highest BCUT2D eigenvalue weighted by molar-refractivity contribution is 6.35. The van der Waals surface area contributed by atoms with Gasteiger partial charge in [0.2, 0.25) is 0 Å². The molecule has 10 heteroatoms. The summed E-state index contributed by atoms with van der Waals surface area (Å²) in [5.74, 6) is -0.00689. The van der Waals surface area contributed by atoms with Crippen molar-refractivity contribution in [3.8, 4) is 0 Å². The van der Waals surface area contributed by atoms with Crippen molar-refractivity contribution in [2.45, 2.75) is 18.3 Å². The first-order valence-corrected chi connectivity index (χ1v) is 12.1. The number of halogens is 2. The van der Waals surface area contributed by atoms with Crippen molar-refractivity contribution in [3.63, 3.8) is 0 Å². The van der Waals surface area contributed by atoms with Gasteiger partial charge in [-0.05, 0) is 55.0 Å². The highest BCUT2D eigenvalue weighted by Crippen LogP contribution is 2.65. The fraction of sp³-hybridized carbons (Fsp3) is 0.308. The minimum absolute atomic E-state index is 0.0236. The van der Waals surface area contributed by atoms with Gasteiger partial charge >= 0.3 is 5.97 Å². The number of hydrogen-bond acceptors (Lipinski definition) is 7. The zero-order valence-corrected chi connectivity index (χ0v) is 20.2. The number of nitrogens with one attached hydrogen (secondary N) is 1. The number of benzene rings is 2. The van der Waals surface area contributed by atoms with E-state index in [0.29, 0.717) is 30.4 Å². The quantitative estimate of drug-likeness (QED) is 0.356. The van der Waals surface area contributed by atoms with Gasteiger partial charge in [-0.3, -0.25) is 5.41 Å². The Balaban J connectivity index is 1.37. The van der Waals surface area contributed by atoms with Gasteiger partial charge in [0.1, 0.15) is 17.3 Å². The molecule has 1 unspecified atom stereocenters. The predicted octanol–water partition coefficient (Wildman–Crippen LogP) is 3.71. The molecular weight excluding hydrogens is 483 g/mol. The second kappa shape index (κ2) is 9.15. The predicted molar refractivity (Wildman–Crippen MR) is 136 cm³/mol. The molecular formula is C26H26ClFN6O2. The number of nitrogens with two attached hydrogens (primary N) is 2. The first-order valence-electron chi connectivity index (χ1n) is 11.7. The summed E-state index contributed by atoms with van der Waals surface area (Å²) in [7, 11) is 0. The van der Waals surface area contributed by atoms with Gasteiger partial charge in [-0.1, -0.05) is 35.9 Å². The average molecular weight is 509 g/mol. The van der Waals surface area contributed by atoms with Gasteiger partial charge in [0, 0.05) is 24.1 Å². The zero-order valence-electron chi connectivity index (χ0n) is 19.4. The average Bonchev–Trinajstić information content (AvgIpc) is 3.50. The summed E-state index contributed by atoms with van der Waals surface area (Å²) in [6.07, 6.45) is 3.18. The van der Waals surface area contributed by atoms with Gasteiger partial charge in [0.15, 0.2) is 5.82 Å². The van der Waals surface area contributed by atoms with Crippen LogP contribution < -0.4 is 16.4 Å². The van der Waals surface area contributed by atoms with Crippen molar-refractivity contribution >= 4 is 34.9 Å². The second-order valence-corrected chi connectivity index (χ2v) is 9.75. The lowest BCUT2D eigenvalue weighted by Gasteiger charge is -2.27. The first-order chi connectivity index (χ1) is 17.3. The van der Waals surface area contributed by atoms with E-state index in [1.54, 1.807) is 12.3 Å². The number of carboxylic acid groups (broad SMARTS) is 1. The van der Waals surface area contributed by atoms with Crippen molar-refractivity contribution < 1.29 is 14.3 Å². The van der Waals surface area contributed by atoms with Crippen molar-refractivity contribution in [1.29, 1.82) is 5.41 Å². The third-order valence-corrected chi connectivity index (χ3v) is 7.91. The number of aromatic nitrogens is 2. The summed E-state index contributed by atoms with van der Waals surface area (Å²) in [4.78, 5) is 22.2. The molecule has 3 atom stereocenters. The maximum absolute atomic E-state index is 14.8. The lowest BCUT2D eigenvalue weighted by molar-refractivity contribution is 0.0697. The summed E-state index contributed by atoms with van der Waals surface area (Å²) in [6, 6.07) is 11.1. The van der Waals surface area contributed by atoms with E-state index in [9.17, 15) is 9.18 Å². The van der Waals surface area contributed by atoms with Crippen LogP contribution in [0.4, 0.5) is 16.0 Å². The van der Waals surface area contributed by atoms with Crippen LogP contribution in [0.1, 0.15) is 40.0 Å². The molecule has 2 aliphatic rings. The number of aromatic carboxylic acids is 1. The maximum atomic E-state index is 14.8. The largest absolute Gasteiger partial charge is 0.478 e. The third kappa shape index (κ3) is 3.88. The number of fused-ring (bicyclic) bond motifs is 1. The molecule has 1 saturated carbocycles. The van der Waals surface area contributed by atoms with E-state index in [1.165, 1.54) is 24.3 Å². The van der Waals surface area contributed by atoms with E-state index < -0.39 is 5.97 Å². The Kier molecular flexibility index (Phi) is 6.13. The highest BCUT2D eigenvalue weighted by Gasteiger charge is 2.66. The highest BCUT2D eigenvalue weighted by atomic mass is 35.5. The van der Waals surface area contributed by atoms with Gasteiger partial charge in [-0.15, -0.1) is 0 Å². The lowest BCUT2D eigenvalue weighted by Crippen LogP contribution is -2.32. The number of carbonyl (C=O) groups is 1. The summed E-state index contributed by atoms with van der Waals surface area (Å²) < 4.78 is 14.8. The van der Waals surface area contributed by atoms with E-state index in [2.05, 4.69) is 14.9 Å². The second-order valence-electron chi connectivity index (χ2n) is 9.34. The standard InChI is InChI=1S/C26H26ClFN6O2/c27-19-11-14(25(35)36)5-6-15(19)22(30)23-24(31)33-21(12-32-23)34-10-7-16-18(13-34)26(16,8-9-29)17-3-1-2-4-20(17)28/h1-6,11-12,16,18,30H,7-10,13,29H2,(H2,31,33)(H,35,36)/t16-,18?,26-/m1/s1. The maximum Gasteiger partial charge on any atom is 0.335 e. The minimum Gasteiger partial charge on any atom is -0.478 e. The number of carboxylic acids is 1. The molecule has 1 aliphatic heterocycles. The van der Waals surface area contributed by atoms with Gasteiger partial charge in [0.25, 0.3) is 0 Å². The van der Waals surface area contributed by atoms with Crippen molar-refractivity contribution in [2.75, 3.05) is 30.3 Å². The Labute approximate surface area is 212 Å². The molecule has 5 rings (SSSR count). The fourth-order valence-corrected chi connectivity index (χ4v) is 6.16. The summed E-state index contributed by atoms with van der Waals surface area (Å²) in [5.41, 5.74) is 13.1. The number of nitrogens with zero attached hydrogens (tertiary/aromatic N) is 3. The summed E-state index contributed by atoms with van der Waals surface area (Å²) in [5, 5.41) is 17.8. The van der Waals surface area contributed by atoms with E-state index in [-0.39, 0.29) is 45.0 Å². The number of hydrogen-bond donors (Lipinski definition) is 4. The summed E-state index contributed by atoms with van der Waals surface area (Å²) in [6.45, 7) is 1.91. The van der Waals surface area contributed by atoms with Crippen LogP contribution in [0.3, 0.4) is 0 Å². The van der Waals surface area contributed by atoms with Crippen LogP contribution in [0.25, 0.3) is 0 Å². The van der Waals surface area contributed by atoms with Gasteiger partial charge in [-0.2, -0.15) is 0 Å². The Morgan fingerprint density at radius 1 is 1.28 bits per heavy atom. The van der Waals surface area contributed by atoms with Crippen molar-refractivity contribution in [2.24, 2.45) is 17.6 Å². The third-order valence-electron chi connectivity index (χ3n) is 7.59. The molecule has 8 nitrogen and oxygen atoms in total. The molecule has 1 saturated heterocycles. The smallest absolute Gasteiger partial charge is 0.335 e. The van der Waals surface area contributed by atoms with Gasteiger partial charge in [0.05, 0.1) is 22.5 Å². The van der Waals surface area contributed by atoms with Crippen LogP contribution >= 0.6 is 11.6 Å². The van der Waals surface area contributed by atoms with Crippen LogP contribution in [0.15, 0.2) is 48.7 Å². The number of rotatable bonds is 7. The SMILES string of the molecule is N=C(c1ccc(C(=O)O)cc1Cl)c1ncc(N2CC[C@@H]3C(C2)[C@@]3(CCN)c2ccccc2F)nc1N. The molecule has 36 heavy (non-hydrogen) atoms. The molecule has 2 fully saturated rings. The lowest BCUT2D eigenvalue weighted by atomic mass is 9.87. The molecule has 2 aromatic carbocycles. The molecule has 1 aromatic heterocycles. The molecule has 186 valence electrons. The summed E-state index contributed by atoms with van der Waals surface area (Å²) >= 11 is 6.22. The number of nitrogen functional groups attached to an aromatic ring is 1. The minimum atomic E-state index is -1.11. The topological polar surface area (TPSA) is 142 Å². The Morgan fingerprint density at radius 2 is 2.06 bits per heavy atom. The molecule has 0 bridgehead atoms. The molecule has 0 spiro atoms. The van der Waals surface area contributed by atoms with Crippen molar-refractivity contribution in [3.05, 3.63) is 81.9 Å². The van der Waals surface area contributed by atoms with Crippen LogP contribution in [0.5, 0.6) is 0 Å². The Bertz CT molecular complexity index is 1370. The Morgan fingerprint density at radius 3 is 2.72 bits per heavy atom. The number of piperidine rings is 1. The van der Waals surface area contributed by atoms with E-state index in [0.717, 1.165) is 24.9 Å². The molecule has 0 amide bonds. The molecule has 3 aromatic rings. The monoisotopic (exact) mass is 508 g/mol. The van der Waals surface area contributed by atoms with Crippen molar-refractivity contribution in [1.82, 2.24) is 9.97 Å². The van der Waals surface area contributed by atoms with E-state index >= 15 is 0 Å². The van der Waals surface area contributed by atoms with E-state index in [1.807, 2.05) is 12.1 Å². The molecule has 2 heterocycles. The van der Waals surface area contributed by atoms with Crippen LogP contribution in [0, 0.1) is 23.1 Å². The molecule has 6 N–H and O–H groups in total. The van der Waals surface area contributed by atoms with Crippen LogP contribution in [-0.2, 0) is 5.41 Å². The Hall–Kier alpha value is -3.56. The fourth-order valence-electron chi connectivity index (χ4n) is 5.88. The van der Waals surface area contributed by atoms with Gasteiger partial charge in [-0.25, -0.2) is 19.2 Å². The van der Waals surface area contributed by atoms with Gasteiger partial charge < -0.3 is 21.5 Å². The zero-order chi connectivity index (χ0) is 25.6. The molecule has 1 aliphatic carbocycles.